The van der Waals surface area contributed by atoms with Crippen LogP contribution in [0, 0.1) is 11.3 Å². The van der Waals surface area contributed by atoms with E-state index < -0.39 is 0 Å². The normalized spacial score (nSPS) is 14.4. The van der Waals surface area contributed by atoms with Crippen LogP contribution in [-0.2, 0) is 6.54 Å². The Balaban J connectivity index is 1.96. The summed E-state index contributed by atoms with van der Waals surface area (Å²) in [5.41, 5.74) is 7.69. The van der Waals surface area contributed by atoms with Crippen LogP contribution in [0.3, 0.4) is 0 Å². The summed E-state index contributed by atoms with van der Waals surface area (Å²) in [5, 5.41) is 13.9. The van der Waals surface area contributed by atoms with Gasteiger partial charge in [0.25, 0.3) is 0 Å². The fourth-order valence-electron chi connectivity index (χ4n) is 2.63. The first-order valence-electron chi connectivity index (χ1n) is 6.95. The standard InChI is InChI=1S/C15H16BrN5/c16-13-6-2-1-5-11(13)10-21-14(18)12(9-17)15(19-21)20-7-3-4-8-20/h1-2,5-6H,3-4,7-8,10,18H2. The fraction of sp³-hybridized carbons (Fsp3) is 0.333. The maximum Gasteiger partial charge on any atom is 0.170 e. The number of aromatic nitrogens is 2. The summed E-state index contributed by atoms with van der Waals surface area (Å²) in [4.78, 5) is 2.14. The van der Waals surface area contributed by atoms with Gasteiger partial charge in [0.2, 0.25) is 0 Å². The fourth-order valence-corrected chi connectivity index (χ4v) is 3.04. The molecule has 0 spiro atoms. The summed E-state index contributed by atoms with van der Waals surface area (Å²) < 4.78 is 2.73. The lowest BCUT2D eigenvalue weighted by Crippen LogP contribution is -2.19. The van der Waals surface area contributed by atoms with E-state index in [0.29, 0.717) is 17.9 Å². The molecular formula is C15H16BrN5. The van der Waals surface area contributed by atoms with Gasteiger partial charge in [-0.1, -0.05) is 34.1 Å². The van der Waals surface area contributed by atoms with Crippen LogP contribution in [0.2, 0.25) is 0 Å². The minimum absolute atomic E-state index is 0.440. The Morgan fingerprint density at radius 3 is 2.67 bits per heavy atom. The third kappa shape index (κ3) is 2.61. The molecule has 3 rings (SSSR count). The van der Waals surface area contributed by atoms with Crippen molar-refractivity contribution >= 4 is 27.6 Å². The number of nitriles is 1. The first-order chi connectivity index (χ1) is 10.2. The number of nitrogen functional groups attached to an aromatic ring is 1. The molecule has 0 saturated carbocycles. The SMILES string of the molecule is N#Cc1c(N2CCCC2)nn(Cc2ccccc2Br)c1N. The zero-order chi connectivity index (χ0) is 14.8. The Labute approximate surface area is 132 Å². The minimum Gasteiger partial charge on any atom is -0.383 e. The molecule has 1 saturated heterocycles. The van der Waals surface area contributed by atoms with Crippen molar-refractivity contribution in [3.05, 3.63) is 39.9 Å². The van der Waals surface area contributed by atoms with Gasteiger partial charge in [0.1, 0.15) is 17.5 Å². The van der Waals surface area contributed by atoms with Crippen molar-refractivity contribution in [3.8, 4) is 6.07 Å². The highest BCUT2D eigenvalue weighted by molar-refractivity contribution is 9.10. The highest BCUT2D eigenvalue weighted by atomic mass is 79.9. The first-order valence-corrected chi connectivity index (χ1v) is 7.74. The molecule has 108 valence electrons. The smallest absolute Gasteiger partial charge is 0.170 e. The first kappa shape index (κ1) is 14.0. The van der Waals surface area contributed by atoms with Crippen molar-refractivity contribution in [2.45, 2.75) is 19.4 Å². The van der Waals surface area contributed by atoms with Crippen molar-refractivity contribution in [1.82, 2.24) is 9.78 Å². The van der Waals surface area contributed by atoms with Gasteiger partial charge in [-0.3, -0.25) is 0 Å². The van der Waals surface area contributed by atoms with E-state index in [4.69, 9.17) is 5.73 Å². The Bertz CT molecular complexity index is 695. The van der Waals surface area contributed by atoms with Crippen LogP contribution in [-0.4, -0.2) is 22.9 Å². The van der Waals surface area contributed by atoms with Gasteiger partial charge in [0.15, 0.2) is 5.82 Å². The number of benzene rings is 1. The molecule has 1 aromatic carbocycles. The molecule has 0 radical (unpaired) electrons. The average molecular weight is 346 g/mol. The maximum absolute atomic E-state index is 9.37. The Morgan fingerprint density at radius 1 is 1.29 bits per heavy atom. The van der Waals surface area contributed by atoms with E-state index in [-0.39, 0.29) is 0 Å². The van der Waals surface area contributed by atoms with Crippen LogP contribution in [0.5, 0.6) is 0 Å². The second-order valence-electron chi connectivity index (χ2n) is 5.14. The quantitative estimate of drug-likeness (QED) is 0.928. The third-order valence-corrected chi connectivity index (χ3v) is 4.54. The third-order valence-electron chi connectivity index (χ3n) is 3.77. The summed E-state index contributed by atoms with van der Waals surface area (Å²) >= 11 is 3.53. The van der Waals surface area contributed by atoms with Crippen molar-refractivity contribution in [3.63, 3.8) is 0 Å². The highest BCUT2D eigenvalue weighted by Gasteiger charge is 2.23. The van der Waals surface area contributed by atoms with Crippen molar-refractivity contribution in [2.24, 2.45) is 0 Å². The van der Waals surface area contributed by atoms with Crippen LogP contribution in [0.15, 0.2) is 28.7 Å². The number of nitrogens with two attached hydrogens (primary N) is 1. The molecule has 5 nitrogen and oxygen atoms in total. The predicted octanol–water partition coefficient (Wildman–Crippen LogP) is 2.75. The van der Waals surface area contributed by atoms with Gasteiger partial charge in [0, 0.05) is 17.6 Å². The van der Waals surface area contributed by atoms with Crippen LogP contribution in [0.25, 0.3) is 0 Å². The molecule has 1 aliphatic heterocycles. The van der Waals surface area contributed by atoms with Crippen LogP contribution in [0.4, 0.5) is 11.6 Å². The summed E-state index contributed by atoms with van der Waals surface area (Å²) in [6, 6.07) is 10.2. The van der Waals surface area contributed by atoms with E-state index >= 15 is 0 Å². The molecule has 2 N–H and O–H groups in total. The summed E-state index contributed by atoms with van der Waals surface area (Å²) in [5.74, 6) is 1.16. The molecule has 2 aromatic rings. The molecule has 6 heteroatoms. The molecule has 0 bridgehead atoms. The minimum atomic E-state index is 0.440. The molecule has 1 aliphatic rings. The summed E-state index contributed by atoms with van der Waals surface area (Å²) in [6.45, 7) is 2.44. The number of hydrogen-bond acceptors (Lipinski definition) is 4. The van der Waals surface area contributed by atoms with E-state index in [1.807, 2.05) is 24.3 Å². The largest absolute Gasteiger partial charge is 0.383 e. The number of halogens is 1. The van der Waals surface area contributed by atoms with Gasteiger partial charge >= 0.3 is 0 Å². The van der Waals surface area contributed by atoms with Crippen molar-refractivity contribution < 1.29 is 0 Å². The highest BCUT2D eigenvalue weighted by Crippen LogP contribution is 2.28. The number of nitrogens with zero attached hydrogens (tertiary/aromatic N) is 4. The van der Waals surface area contributed by atoms with Crippen LogP contribution < -0.4 is 10.6 Å². The molecular weight excluding hydrogens is 330 g/mol. The predicted molar refractivity (Wildman–Crippen MR) is 86.0 cm³/mol. The Hall–Kier alpha value is -2.00. The zero-order valence-corrected chi connectivity index (χ0v) is 13.2. The second kappa shape index (κ2) is 5.78. The zero-order valence-electron chi connectivity index (χ0n) is 11.6. The summed E-state index contributed by atoms with van der Waals surface area (Å²) in [6.07, 6.45) is 2.28. The van der Waals surface area contributed by atoms with E-state index in [1.165, 1.54) is 0 Å². The van der Waals surface area contributed by atoms with E-state index in [0.717, 1.165) is 41.8 Å². The Kier molecular flexibility index (Phi) is 3.84. The van der Waals surface area contributed by atoms with Crippen molar-refractivity contribution in [1.29, 1.82) is 5.26 Å². The molecule has 0 aliphatic carbocycles. The van der Waals surface area contributed by atoms with Crippen molar-refractivity contribution in [2.75, 3.05) is 23.7 Å². The van der Waals surface area contributed by atoms with Gasteiger partial charge in [-0.2, -0.15) is 10.4 Å². The second-order valence-corrected chi connectivity index (χ2v) is 5.99. The van der Waals surface area contributed by atoms with Gasteiger partial charge in [-0.05, 0) is 24.5 Å². The van der Waals surface area contributed by atoms with E-state index in [9.17, 15) is 5.26 Å². The molecule has 21 heavy (non-hydrogen) atoms. The maximum atomic E-state index is 9.37. The molecule has 2 heterocycles. The lowest BCUT2D eigenvalue weighted by atomic mass is 10.2. The topological polar surface area (TPSA) is 70.9 Å². The van der Waals surface area contributed by atoms with Crippen LogP contribution >= 0.6 is 15.9 Å². The van der Waals surface area contributed by atoms with Crippen LogP contribution in [0.1, 0.15) is 24.0 Å². The molecule has 0 amide bonds. The van der Waals surface area contributed by atoms with Gasteiger partial charge in [0.05, 0.1) is 6.54 Å². The molecule has 1 aromatic heterocycles. The number of hydrogen-bond donors (Lipinski definition) is 1. The Morgan fingerprint density at radius 2 is 2.00 bits per heavy atom. The van der Waals surface area contributed by atoms with E-state index in [1.54, 1.807) is 4.68 Å². The van der Waals surface area contributed by atoms with Gasteiger partial charge in [-0.25, -0.2) is 4.68 Å². The van der Waals surface area contributed by atoms with Gasteiger partial charge < -0.3 is 10.6 Å². The summed E-state index contributed by atoms with van der Waals surface area (Å²) in [7, 11) is 0. The lowest BCUT2D eigenvalue weighted by Gasteiger charge is -2.13. The molecule has 1 fully saturated rings. The monoisotopic (exact) mass is 345 g/mol. The molecule has 0 unspecified atom stereocenters. The number of anilines is 2. The average Bonchev–Trinajstić information content (AvgIpc) is 3.10. The lowest BCUT2D eigenvalue weighted by molar-refractivity contribution is 0.689. The van der Waals surface area contributed by atoms with Gasteiger partial charge in [-0.15, -0.1) is 0 Å². The molecule has 0 atom stereocenters. The number of rotatable bonds is 3. The van der Waals surface area contributed by atoms with E-state index in [2.05, 4.69) is 32.0 Å².